The first-order chi connectivity index (χ1) is 13.2. The van der Waals surface area contributed by atoms with Gasteiger partial charge in [0.05, 0.1) is 19.8 Å². The van der Waals surface area contributed by atoms with Crippen LogP contribution in [0.5, 0.6) is 11.5 Å². The molecule has 0 aromatic heterocycles. The number of nitroso groups, excluding NO2 is 1. The lowest BCUT2D eigenvalue weighted by atomic mass is 9.86. The van der Waals surface area contributed by atoms with Gasteiger partial charge in [-0.3, -0.25) is 4.79 Å². The van der Waals surface area contributed by atoms with E-state index in [-0.39, 0.29) is 17.9 Å². The minimum Gasteiger partial charge on any atom is -0.497 e. The molecular weight excluding hydrogens is 344 g/mol. The van der Waals surface area contributed by atoms with Crippen LogP contribution in [0.1, 0.15) is 34.8 Å². The van der Waals surface area contributed by atoms with Crippen LogP contribution in [-0.4, -0.2) is 38.1 Å². The quantitative estimate of drug-likeness (QED) is 0.721. The van der Waals surface area contributed by atoms with E-state index < -0.39 is 0 Å². The Morgan fingerprint density at radius 1 is 1.07 bits per heavy atom. The largest absolute Gasteiger partial charge is 0.497 e. The fourth-order valence-corrected chi connectivity index (χ4v) is 3.63. The van der Waals surface area contributed by atoms with E-state index in [1.165, 1.54) is 7.11 Å². The van der Waals surface area contributed by atoms with Crippen molar-refractivity contribution in [2.45, 2.75) is 18.9 Å². The Morgan fingerprint density at radius 2 is 1.78 bits per heavy atom. The summed E-state index contributed by atoms with van der Waals surface area (Å²) in [4.78, 5) is 26.2. The maximum Gasteiger partial charge on any atom is 0.257 e. The van der Waals surface area contributed by atoms with E-state index in [0.717, 1.165) is 18.4 Å². The first kappa shape index (κ1) is 18.9. The molecule has 1 fully saturated rings. The Labute approximate surface area is 159 Å². The second-order valence-corrected chi connectivity index (χ2v) is 6.66. The molecule has 0 radical (unpaired) electrons. The molecule has 0 aliphatic carbocycles. The molecule has 6 heteroatoms. The van der Waals surface area contributed by atoms with Crippen LogP contribution in [0, 0.1) is 10.8 Å². The summed E-state index contributed by atoms with van der Waals surface area (Å²) >= 11 is 0. The Bertz CT molecular complexity index is 786. The number of nitrogens with zero attached hydrogens (tertiary/aromatic N) is 2. The lowest BCUT2D eigenvalue weighted by Crippen LogP contribution is -2.39. The zero-order valence-electron chi connectivity index (χ0n) is 15.6. The van der Waals surface area contributed by atoms with Crippen LogP contribution in [0.15, 0.2) is 53.7 Å². The third-order valence-corrected chi connectivity index (χ3v) is 5.17. The number of benzene rings is 2. The van der Waals surface area contributed by atoms with Gasteiger partial charge < -0.3 is 14.4 Å². The molecule has 0 bridgehead atoms. The Kier molecular flexibility index (Phi) is 6.06. The second-order valence-electron chi connectivity index (χ2n) is 6.66. The molecule has 142 valence electrons. The predicted octanol–water partition coefficient (Wildman–Crippen LogP) is 4.06. The van der Waals surface area contributed by atoms with Gasteiger partial charge in [-0.05, 0) is 36.5 Å². The van der Waals surface area contributed by atoms with Gasteiger partial charge in [0.2, 0.25) is 0 Å². The number of methoxy groups -OCH3 is 2. The highest BCUT2D eigenvalue weighted by molar-refractivity contribution is 5.97. The normalized spacial score (nSPS) is 15.9. The fraction of sp³-hybridized carbons (Fsp3) is 0.381. The van der Waals surface area contributed by atoms with E-state index in [1.54, 1.807) is 25.3 Å². The molecule has 1 amide bonds. The smallest absolute Gasteiger partial charge is 0.257 e. The lowest BCUT2D eigenvalue weighted by Gasteiger charge is -2.34. The predicted molar refractivity (Wildman–Crippen MR) is 103 cm³/mol. The number of carbonyl (C=O) groups excluding carboxylic acids is 1. The summed E-state index contributed by atoms with van der Waals surface area (Å²) in [6, 6.07) is 14.5. The van der Waals surface area contributed by atoms with Crippen LogP contribution in [0.25, 0.3) is 0 Å². The van der Waals surface area contributed by atoms with Crippen molar-refractivity contribution in [1.29, 1.82) is 0 Å². The van der Waals surface area contributed by atoms with E-state index in [1.807, 2.05) is 35.2 Å². The summed E-state index contributed by atoms with van der Waals surface area (Å²) in [5, 5.41) is 3.37. The van der Waals surface area contributed by atoms with Crippen LogP contribution in [-0.2, 0) is 0 Å². The third-order valence-electron chi connectivity index (χ3n) is 5.17. The molecule has 2 aromatic rings. The minimum atomic E-state index is -0.362. The highest BCUT2D eigenvalue weighted by atomic mass is 16.5. The van der Waals surface area contributed by atoms with E-state index in [2.05, 4.69) is 5.18 Å². The average molecular weight is 368 g/mol. The van der Waals surface area contributed by atoms with Crippen LogP contribution in [0.2, 0.25) is 0 Å². The highest BCUT2D eigenvalue weighted by Crippen LogP contribution is 2.34. The van der Waals surface area contributed by atoms with Gasteiger partial charge in [-0.2, -0.15) is 4.91 Å². The van der Waals surface area contributed by atoms with E-state index in [0.29, 0.717) is 30.2 Å². The summed E-state index contributed by atoms with van der Waals surface area (Å²) < 4.78 is 10.5. The molecule has 1 aliphatic rings. The first-order valence-corrected chi connectivity index (χ1v) is 9.06. The molecule has 1 atom stereocenters. The Morgan fingerprint density at radius 3 is 2.37 bits per heavy atom. The topological polar surface area (TPSA) is 68.2 Å². The lowest BCUT2D eigenvalue weighted by molar-refractivity contribution is 0.0675. The van der Waals surface area contributed by atoms with Gasteiger partial charge in [0.25, 0.3) is 5.91 Å². The van der Waals surface area contributed by atoms with Gasteiger partial charge >= 0.3 is 0 Å². The van der Waals surface area contributed by atoms with Crippen molar-refractivity contribution in [3.63, 3.8) is 0 Å². The number of hydrogen-bond donors (Lipinski definition) is 0. The summed E-state index contributed by atoms with van der Waals surface area (Å²) in [5.41, 5.74) is 1.46. The summed E-state index contributed by atoms with van der Waals surface area (Å²) in [7, 11) is 3.11. The molecule has 1 saturated heterocycles. The van der Waals surface area contributed by atoms with Crippen LogP contribution in [0.4, 0.5) is 0 Å². The molecule has 0 N–H and O–H groups in total. The molecule has 0 spiro atoms. The van der Waals surface area contributed by atoms with E-state index in [4.69, 9.17) is 9.47 Å². The number of hydrogen-bond acceptors (Lipinski definition) is 5. The van der Waals surface area contributed by atoms with E-state index in [9.17, 15) is 9.70 Å². The van der Waals surface area contributed by atoms with Crippen LogP contribution in [0.3, 0.4) is 0 Å². The zero-order chi connectivity index (χ0) is 19.2. The molecule has 2 aromatic carbocycles. The molecule has 6 nitrogen and oxygen atoms in total. The van der Waals surface area contributed by atoms with Crippen molar-refractivity contribution in [2.75, 3.05) is 27.3 Å². The maximum absolute atomic E-state index is 12.9. The van der Waals surface area contributed by atoms with E-state index >= 15 is 0 Å². The number of carbonyl (C=O) groups is 1. The second kappa shape index (κ2) is 8.66. The summed E-state index contributed by atoms with van der Waals surface area (Å²) in [5.74, 6) is 1.22. The molecule has 1 aliphatic heterocycles. The monoisotopic (exact) mass is 368 g/mol. The summed E-state index contributed by atoms with van der Waals surface area (Å²) in [6.45, 7) is 1.19. The molecule has 27 heavy (non-hydrogen) atoms. The Hall–Kier alpha value is -2.89. The van der Waals surface area contributed by atoms with Crippen molar-refractivity contribution in [1.82, 2.24) is 4.90 Å². The molecule has 1 heterocycles. The van der Waals surface area contributed by atoms with Crippen molar-refractivity contribution in [2.24, 2.45) is 11.1 Å². The van der Waals surface area contributed by atoms with Gasteiger partial charge in [0.1, 0.15) is 17.5 Å². The number of amides is 1. The van der Waals surface area contributed by atoms with Crippen LogP contribution >= 0.6 is 0 Å². The van der Waals surface area contributed by atoms with Gasteiger partial charge in [-0.15, -0.1) is 0 Å². The van der Waals surface area contributed by atoms with Gasteiger partial charge in [0, 0.05) is 19.2 Å². The SMILES string of the molecule is COc1ccc(C(=O)N2CCC(C(N=O)c3ccccc3)CC2)c(OC)c1. The molecular formula is C21H24N2O4. The molecule has 1 unspecified atom stereocenters. The number of piperidine rings is 1. The Balaban J connectivity index is 1.68. The number of likely N-dealkylation sites (tertiary alicyclic amines) is 1. The zero-order valence-corrected chi connectivity index (χ0v) is 15.6. The highest BCUT2D eigenvalue weighted by Gasteiger charge is 2.31. The minimum absolute atomic E-state index is 0.0664. The van der Waals surface area contributed by atoms with Crippen LogP contribution < -0.4 is 9.47 Å². The standard InChI is InChI=1S/C21H24N2O4/c1-26-17-8-9-18(19(14-17)27-2)21(24)23-12-10-16(11-13-23)20(22-25)15-6-4-3-5-7-15/h3-9,14,16,20H,10-13H2,1-2H3. The van der Waals surface area contributed by atoms with Gasteiger partial charge in [-0.1, -0.05) is 35.5 Å². The van der Waals surface area contributed by atoms with Crippen molar-refractivity contribution in [3.8, 4) is 11.5 Å². The molecule has 3 rings (SSSR count). The third kappa shape index (κ3) is 4.10. The van der Waals surface area contributed by atoms with Crippen molar-refractivity contribution in [3.05, 3.63) is 64.6 Å². The maximum atomic E-state index is 12.9. The summed E-state index contributed by atoms with van der Waals surface area (Å²) in [6.07, 6.45) is 1.49. The van der Waals surface area contributed by atoms with Crippen molar-refractivity contribution >= 4 is 5.91 Å². The number of ether oxygens (including phenoxy) is 2. The van der Waals surface area contributed by atoms with Gasteiger partial charge in [0.15, 0.2) is 0 Å². The first-order valence-electron chi connectivity index (χ1n) is 9.06. The van der Waals surface area contributed by atoms with Gasteiger partial charge in [-0.25, -0.2) is 0 Å². The van der Waals surface area contributed by atoms with Crippen molar-refractivity contribution < 1.29 is 14.3 Å². The fourth-order valence-electron chi connectivity index (χ4n) is 3.63. The average Bonchev–Trinajstić information content (AvgIpc) is 2.74. The molecule has 0 saturated carbocycles. The number of rotatable bonds is 6.